The minimum Gasteiger partial charge on any atom is -0.495 e. The van der Waals surface area contributed by atoms with E-state index in [9.17, 15) is 9.18 Å². The van der Waals surface area contributed by atoms with E-state index in [1.807, 2.05) is 0 Å². The molecule has 0 unspecified atom stereocenters. The summed E-state index contributed by atoms with van der Waals surface area (Å²) >= 11 is 0. The van der Waals surface area contributed by atoms with Gasteiger partial charge in [0.25, 0.3) is 5.91 Å². The molecular weight excluding hydrogens is 271 g/mol. The first-order valence-electron chi connectivity index (χ1n) is 6.49. The normalized spacial score (nSPS) is 10.3. The van der Waals surface area contributed by atoms with E-state index < -0.39 is 11.7 Å². The second-order valence-electron chi connectivity index (χ2n) is 4.71. The third-order valence-corrected chi connectivity index (χ3v) is 3.05. The van der Waals surface area contributed by atoms with Crippen molar-refractivity contribution in [3.63, 3.8) is 0 Å². The van der Waals surface area contributed by atoms with Crippen LogP contribution in [0.4, 0.5) is 10.1 Å². The first-order valence-corrected chi connectivity index (χ1v) is 6.49. The average molecular weight is 288 g/mol. The molecule has 1 amide bonds. The first kappa shape index (κ1) is 15.0. The molecule has 110 valence electrons. The van der Waals surface area contributed by atoms with Crippen LogP contribution in [0.2, 0.25) is 0 Å². The molecule has 4 nitrogen and oxygen atoms in total. The van der Waals surface area contributed by atoms with E-state index in [0.29, 0.717) is 23.5 Å². The summed E-state index contributed by atoms with van der Waals surface area (Å²) in [7, 11) is 1.51. The lowest BCUT2D eigenvalue weighted by Gasteiger charge is -2.12. The number of nitrogens with two attached hydrogens (primary N) is 1. The number of carbonyl (C=O) groups is 1. The number of halogens is 1. The van der Waals surface area contributed by atoms with Gasteiger partial charge in [0.15, 0.2) is 0 Å². The second kappa shape index (κ2) is 6.37. The highest BCUT2D eigenvalue weighted by atomic mass is 19.1. The first-order chi connectivity index (χ1) is 10.0. The van der Waals surface area contributed by atoms with Gasteiger partial charge in [-0.15, -0.1) is 0 Å². The Kier molecular flexibility index (Phi) is 4.55. The van der Waals surface area contributed by atoms with Crippen LogP contribution in [0.5, 0.6) is 5.75 Å². The van der Waals surface area contributed by atoms with E-state index >= 15 is 0 Å². The van der Waals surface area contributed by atoms with Crippen LogP contribution in [0.25, 0.3) is 0 Å². The van der Waals surface area contributed by atoms with Crippen molar-refractivity contribution in [2.75, 3.05) is 12.4 Å². The van der Waals surface area contributed by atoms with Crippen molar-refractivity contribution >= 4 is 11.6 Å². The molecule has 2 aromatic rings. The van der Waals surface area contributed by atoms with E-state index in [4.69, 9.17) is 10.5 Å². The number of rotatable bonds is 4. The molecule has 2 aromatic carbocycles. The van der Waals surface area contributed by atoms with Gasteiger partial charge in [-0.1, -0.05) is 6.07 Å². The summed E-state index contributed by atoms with van der Waals surface area (Å²) in [6, 6.07) is 9.46. The van der Waals surface area contributed by atoms with Gasteiger partial charge >= 0.3 is 0 Å². The van der Waals surface area contributed by atoms with Crippen LogP contribution >= 0.6 is 0 Å². The van der Waals surface area contributed by atoms with E-state index in [1.165, 1.54) is 19.2 Å². The fraction of sp³-hybridized carbons (Fsp3) is 0.188. The van der Waals surface area contributed by atoms with Gasteiger partial charge in [-0.3, -0.25) is 4.79 Å². The van der Waals surface area contributed by atoms with Crippen molar-refractivity contribution < 1.29 is 13.9 Å². The maximum Gasteiger partial charge on any atom is 0.255 e. The van der Waals surface area contributed by atoms with Gasteiger partial charge < -0.3 is 15.8 Å². The number of ether oxygens (including phenoxy) is 1. The highest BCUT2D eigenvalue weighted by Gasteiger charge is 2.11. The number of amides is 1. The summed E-state index contributed by atoms with van der Waals surface area (Å²) in [4.78, 5) is 12.2. The molecule has 0 radical (unpaired) electrons. The fourth-order valence-corrected chi connectivity index (χ4v) is 2.03. The van der Waals surface area contributed by atoms with E-state index in [2.05, 4.69) is 5.32 Å². The Labute approximate surface area is 122 Å². The Morgan fingerprint density at radius 2 is 2.05 bits per heavy atom. The third-order valence-electron chi connectivity index (χ3n) is 3.05. The maximum absolute atomic E-state index is 13.4. The van der Waals surface area contributed by atoms with Crippen molar-refractivity contribution in [2.24, 2.45) is 5.73 Å². The van der Waals surface area contributed by atoms with Crippen LogP contribution in [0, 0.1) is 12.7 Å². The summed E-state index contributed by atoms with van der Waals surface area (Å²) in [6.07, 6.45) is 0. The van der Waals surface area contributed by atoms with Crippen molar-refractivity contribution in [3.05, 3.63) is 58.9 Å². The minimum absolute atomic E-state index is 0.262. The van der Waals surface area contributed by atoms with Crippen LogP contribution in [-0.2, 0) is 6.54 Å². The summed E-state index contributed by atoms with van der Waals surface area (Å²) in [6.45, 7) is 2.12. The SMILES string of the molecule is COc1cc(CN)ccc1NC(=O)c1cc(C)cc(F)c1. The summed E-state index contributed by atoms with van der Waals surface area (Å²) < 4.78 is 18.6. The number of hydrogen-bond donors (Lipinski definition) is 2. The predicted molar refractivity (Wildman–Crippen MR) is 80.0 cm³/mol. The van der Waals surface area contributed by atoms with Crippen LogP contribution < -0.4 is 15.8 Å². The second-order valence-corrected chi connectivity index (χ2v) is 4.71. The quantitative estimate of drug-likeness (QED) is 0.909. The number of hydrogen-bond acceptors (Lipinski definition) is 3. The Bertz CT molecular complexity index is 651. The molecule has 5 heteroatoms. The van der Waals surface area contributed by atoms with Crippen LogP contribution in [0.3, 0.4) is 0 Å². The zero-order valence-corrected chi connectivity index (χ0v) is 11.9. The number of aryl methyl sites for hydroxylation is 1. The van der Waals surface area contributed by atoms with Crippen LogP contribution in [-0.4, -0.2) is 13.0 Å². The molecule has 0 aliphatic rings. The molecule has 0 atom stereocenters. The molecule has 0 heterocycles. The Morgan fingerprint density at radius 1 is 1.29 bits per heavy atom. The summed E-state index contributed by atoms with van der Waals surface area (Å²) in [5.74, 6) is -0.318. The molecule has 0 aliphatic heterocycles. The Balaban J connectivity index is 2.26. The molecule has 0 aromatic heterocycles. The lowest BCUT2D eigenvalue weighted by Crippen LogP contribution is -2.13. The van der Waals surface area contributed by atoms with Gasteiger partial charge in [-0.05, 0) is 48.4 Å². The topological polar surface area (TPSA) is 64.3 Å². The number of methoxy groups -OCH3 is 1. The van der Waals surface area contributed by atoms with Gasteiger partial charge in [-0.2, -0.15) is 0 Å². The lowest BCUT2D eigenvalue weighted by atomic mass is 10.1. The van der Waals surface area contributed by atoms with E-state index in [0.717, 1.165) is 5.56 Å². The van der Waals surface area contributed by atoms with Crippen LogP contribution in [0.1, 0.15) is 21.5 Å². The molecule has 2 rings (SSSR count). The third kappa shape index (κ3) is 3.58. The van der Waals surface area contributed by atoms with Crippen LogP contribution in [0.15, 0.2) is 36.4 Å². The Morgan fingerprint density at radius 3 is 2.67 bits per heavy atom. The average Bonchev–Trinajstić information content (AvgIpc) is 2.46. The largest absolute Gasteiger partial charge is 0.495 e. The minimum atomic E-state index is -0.439. The predicted octanol–water partition coefficient (Wildman–Crippen LogP) is 2.85. The Hall–Kier alpha value is -2.40. The number of benzene rings is 2. The van der Waals surface area contributed by atoms with Gasteiger partial charge in [0.2, 0.25) is 0 Å². The summed E-state index contributed by atoms with van der Waals surface area (Å²) in [5.41, 5.74) is 7.92. The number of anilines is 1. The monoisotopic (exact) mass is 288 g/mol. The zero-order chi connectivity index (χ0) is 15.4. The zero-order valence-electron chi connectivity index (χ0n) is 11.9. The smallest absolute Gasteiger partial charge is 0.255 e. The molecule has 0 bridgehead atoms. The maximum atomic E-state index is 13.4. The van der Waals surface area contributed by atoms with Gasteiger partial charge in [0.05, 0.1) is 12.8 Å². The lowest BCUT2D eigenvalue weighted by molar-refractivity contribution is 0.102. The van der Waals surface area contributed by atoms with Crippen molar-refractivity contribution in [1.29, 1.82) is 0 Å². The van der Waals surface area contributed by atoms with Crippen molar-refractivity contribution in [2.45, 2.75) is 13.5 Å². The molecule has 21 heavy (non-hydrogen) atoms. The van der Waals surface area contributed by atoms with Crippen molar-refractivity contribution in [1.82, 2.24) is 0 Å². The molecule has 0 fully saturated rings. The molecule has 0 saturated carbocycles. The number of carbonyl (C=O) groups excluding carboxylic acids is 1. The van der Waals surface area contributed by atoms with E-state index in [-0.39, 0.29) is 5.56 Å². The van der Waals surface area contributed by atoms with Crippen molar-refractivity contribution in [3.8, 4) is 5.75 Å². The molecule has 0 spiro atoms. The van der Waals surface area contributed by atoms with Gasteiger partial charge in [0.1, 0.15) is 11.6 Å². The fourth-order valence-electron chi connectivity index (χ4n) is 2.03. The standard InChI is InChI=1S/C16H17FN2O2/c1-10-5-12(8-13(17)6-10)16(20)19-14-4-3-11(9-18)7-15(14)21-2/h3-8H,9,18H2,1-2H3,(H,19,20). The number of nitrogens with one attached hydrogen (secondary N) is 1. The van der Waals surface area contributed by atoms with Gasteiger partial charge in [0, 0.05) is 12.1 Å². The van der Waals surface area contributed by atoms with E-state index in [1.54, 1.807) is 31.2 Å². The van der Waals surface area contributed by atoms with Gasteiger partial charge in [-0.25, -0.2) is 4.39 Å². The summed E-state index contributed by atoms with van der Waals surface area (Å²) in [5, 5.41) is 2.71. The molecule has 3 N–H and O–H groups in total. The molecular formula is C16H17FN2O2. The molecule has 0 saturated heterocycles. The highest BCUT2D eigenvalue weighted by Crippen LogP contribution is 2.26. The molecule has 0 aliphatic carbocycles. The highest BCUT2D eigenvalue weighted by molar-refractivity contribution is 6.05.